The standard InChI is InChI=1S/C9H12O2.Na/c1-5-6-2-3-7(4-6)8(5)9(10)11;/h2-3,5-8H,4H2,1H3,(H,10,11);/q;+1. The molecule has 2 rings (SSSR count). The largest absolute Gasteiger partial charge is 1.00 e. The van der Waals surface area contributed by atoms with Gasteiger partial charge in [-0.25, -0.2) is 0 Å². The first-order valence-corrected chi connectivity index (χ1v) is 4.11. The van der Waals surface area contributed by atoms with Crippen LogP contribution in [0, 0.1) is 23.7 Å². The van der Waals surface area contributed by atoms with Crippen molar-refractivity contribution < 1.29 is 39.5 Å². The molecule has 2 bridgehead atoms. The minimum absolute atomic E-state index is 0. The third-order valence-electron chi connectivity index (χ3n) is 3.14. The van der Waals surface area contributed by atoms with E-state index in [4.69, 9.17) is 5.11 Å². The molecule has 2 aliphatic carbocycles. The average Bonchev–Trinajstić information content (AvgIpc) is 2.44. The fraction of sp³-hybridized carbons (Fsp3) is 0.667. The molecule has 0 aromatic rings. The SMILES string of the molecule is CC1C2C=CC(C2)C1C(=O)O.[Na+]. The molecule has 0 radical (unpaired) electrons. The first-order chi connectivity index (χ1) is 5.20. The van der Waals surface area contributed by atoms with Crippen LogP contribution in [0.4, 0.5) is 0 Å². The molecule has 2 nitrogen and oxygen atoms in total. The zero-order valence-corrected chi connectivity index (χ0v) is 9.53. The van der Waals surface area contributed by atoms with Crippen LogP contribution >= 0.6 is 0 Å². The van der Waals surface area contributed by atoms with Gasteiger partial charge in [0.15, 0.2) is 0 Å². The Balaban J connectivity index is 0.000000720. The Hall–Kier alpha value is 0.210. The molecule has 1 fully saturated rings. The van der Waals surface area contributed by atoms with Gasteiger partial charge in [0.05, 0.1) is 5.92 Å². The van der Waals surface area contributed by atoms with Gasteiger partial charge in [0.1, 0.15) is 0 Å². The van der Waals surface area contributed by atoms with E-state index in [1.165, 1.54) is 0 Å². The van der Waals surface area contributed by atoms with E-state index in [9.17, 15) is 4.79 Å². The number of carboxylic acid groups (broad SMARTS) is 1. The fourth-order valence-corrected chi connectivity index (χ4v) is 2.48. The molecular weight excluding hydrogens is 163 g/mol. The molecule has 0 heterocycles. The Morgan fingerprint density at radius 3 is 2.33 bits per heavy atom. The summed E-state index contributed by atoms with van der Waals surface area (Å²) in [5, 5.41) is 8.87. The molecule has 2 aliphatic rings. The van der Waals surface area contributed by atoms with E-state index in [1.807, 2.05) is 6.92 Å². The minimum Gasteiger partial charge on any atom is -0.481 e. The second kappa shape index (κ2) is 3.52. The topological polar surface area (TPSA) is 37.3 Å². The Kier molecular flexibility index (Phi) is 3.02. The van der Waals surface area contributed by atoms with E-state index >= 15 is 0 Å². The minimum atomic E-state index is -0.616. The number of aliphatic carboxylic acids is 1. The number of carbonyl (C=O) groups is 1. The van der Waals surface area contributed by atoms with Crippen LogP contribution in [-0.2, 0) is 4.79 Å². The molecule has 4 atom stereocenters. The van der Waals surface area contributed by atoms with Crippen molar-refractivity contribution in [3.63, 3.8) is 0 Å². The third-order valence-corrected chi connectivity index (χ3v) is 3.14. The maximum atomic E-state index is 10.8. The van der Waals surface area contributed by atoms with E-state index in [1.54, 1.807) is 0 Å². The molecule has 60 valence electrons. The van der Waals surface area contributed by atoms with Crippen LogP contribution in [0.15, 0.2) is 12.2 Å². The summed E-state index contributed by atoms with van der Waals surface area (Å²) in [5.74, 6) is 0.496. The van der Waals surface area contributed by atoms with E-state index in [0.717, 1.165) is 6.42 Å². The monoisotopic (exact) mass is 175 g/mol. The van der Waals surface area contributed by atoms with Crippen LogP contribution in [0.1, 0.15) is 13.3 Å². The van der Waals surface area contributed by atoms with Gasteiger partial charge in [0, 0.05) is 0 Å². The van der Waals surface area contributed by atoms with Crippen LogP contribution in [-0.4, -0.2) is 11.1 Å². The summed E-state index contributed by atoms with van der Waals surface area (Å²) in [6.07, 6.45) is 5.32. The number of carboxylic acids is 1. The molecule has 0 amide bonds. The fourth-order valence-electron chi connectivity index (χ4n) is 2.48. The van der Waals surface area contributed by atoms with Crippen LogP contribution in [0.3, 0.4) is 0 Å². The van der Waals surface area contributed by atoms with Crippen molar-refractivity contribution in [3.05, 3.63) is 12.2 Å². The van der Waals surface area contributed by atoms with Crippen molar-refractivity contribution in [2.45, 2.75) is 13.3 Å². The summed E-state index contributed by atoms with van der Waals surface area (Å²) in [5.41, 5.74) is 0. The average molecular weight is 175 g/mol. The summed E-state index contributed by atoms with van der Waals surface area (Å²) in [7, 11) is 0. The van der Waals surface area contributed by atoms with Crippen molar-refractivity contribution in [3.8, 4) is 0 Å². The van der Waals surface area contributed by atoms with Crippen LogP contribution in [0.5, 0.6) is 0 Å². The predicted octanol–water partition coefficient (Wildman–Crippen LogP) is -1.47. The van der Waals surface area contributed by atoms with Gasteiger partial charge in [-0.15, -0.1) is 0 Å². The summed E-state index contributed by atoms with van der Waals surface area (Å²) in [6, 6.07) is 0. The number of allylic oxidation sites excluding steroid dienone is 2. The van der Waals surface area contributed by atoms with Crippen LogP contribution < -0.4 is 29.6 Å². The van der Waals surface area contributed by atoms with Crippen molar-refractivity contribution >= 4 is 5.97 Å². The number of fused-ring (bicyclic) bond motifs is 2. The molecular formula is C9H12NaO2+. The van der Waals surface area contributed by atoms with E-state index in [2.05, 4.69) is 12.2 Å². The second-order valence-corrected chi connectivity index (χ2v) is 3.67. The smallest absolute Gasteiger partial charge is 0.481 e. The molecule has 1 saturated carbocycles. The summed E-state index contributed by atoms with van der Waals surface area (Å²) < 4.78 is 0. The first kappa shape index (κ1) is 10.3. The van der Waals surface area contributed by atoms with Crippen LogP contribution in [0.25, 0.3) is 0 Å². The molecule has 0 aliphatic heterocycles. The van der Waals surface area contributed by atoms with Gasteiger partial charge in [0.25, 0.3) is 0 Å². The van der Waals surface area contributed by atoms with Crippen molar-refractivity contribution in [2.75, 3.05) is 0 Å². The number of hydrogen-bond donors (Lipinski definition) is 1. The maximum Gasteiger partial charge on any atom is 1.00 e. The Labute approximate surface area is 94.3 Å². The van der Waals surface area contributed by atoms with Gasteiger partial charge in [-0.2, -0.15) is 0 Å². The number of rotatable bonds is 1. The maximum absolute atomic E-state index is 10.8. The van der Waals surface area contributed by atoms with Crippen LogP contribution in [0.2, 0.25) is 0 Å². The normalized spacial score (nSPS) is 42.8. The summed E-state index contributed by atoms with van der Waals surface area (Å²) >= 11 is 0. The van der Waals surface area contributed by atoms with E-state index in [-0.39, 0.29) is 35.5 Å². The summed E-state index contributed by atoms with van der Waals surface area (Å²) in [4.78, 5) is 10.8. The Bertz CT molecular complexity index is 225. The zero-order chi connectivity index (χ0) is 8.01. The molecule has 0 aromatic heterocycles. The first-order valence-electron chi connectivity index (χ1n) is 4.11. The predicted molar refractivity (Wildman–Crippen MR) is 41.0 cm³/mol. The van der Waals surface area contributed by atoms with Gasteiger partial charge in [-0.1, -0.05) is 19.1 Å². The van der Waals surface area contributed by atoms with E-state index in [0.29, 0.717) is 17.8 Å². The van der Waals surface area contributed by atoms with Crippen molar-refractivity contribution in [1.29, 1.82) is 0 Å². The number of hydrogen-bond acceptors (Lipinski definition) is 1. The molecule has 12 heavy (non-hydrogen) atoms. The zero-order valence-electron chi connectivity index (χ0n) is 7.53. The quantitative estimate of drug-likeness (QED) is 0.390. The third kappa shape index (κ3) is 1.36. The molecule has 1 N–H and O–H groups in total. The van der Waals surface area contributed by atoms with E-state index < -0.39 is 5.97 Å². The van der Waals surface area contributed by atoms with Gasteiger partial charge >= 0.3 is 35.5 Å². The Morgan fingerprint density at radius 1 is 1.42 bits per heavy atom. The van der Waals surface area contributed by atoms with Gasteiger partial charge in [-0.05, 0) is 24.2 Å². The molecule has 4 unspecified atom stereocenters. The Morgan fingerprint density at radius 2 is 2.00 bits per heavy atom. The molecule has 0 saturated heterocycles. The molecule has 0 aromatic carbocycles. The molecule has 3 heteroatoms. The van der Waals surface area contributed by atoms with Gasteiger partial charge < -0.3 is 5.11 Å². The van der Waals surface area contributed by atoms with Crippen molar-refractivity contribution in [2.24, 2.45) is 23.7 Å². The summed E-state index contributed by atoms with van der Waals surface area (Å²) in [6.45, 7) is 2.05. The van der Waals surface area contributed by atoms with Gasteiger partial charge in [0.2, 0.25) is 0 Å². The van der Waals surface area contributed by atoms with Gasteiger partial charge in [-0.3, -0.25) is 4.79 Å². The molecule has 0 spiro atoms. The second-order valence-electron chi connectivity index (χ2n) is 3.67. The van der Waals surface area contributed by atoms with Crippen molar-refractivity contribution in [1.82, 2.24) is 0 Å².